The maximum Gasteiger partial charge on any atom is 0.289 e. The van der Waals surface area contributed by atoms with Crippen molar-refractivity contribution in [2.75, 3.05) is 6.54 Å². The van der Waals surface area contributed by atoms with Crippen molar-refractivity contribution in [3.05, 3.63) is 59.9 Å². The van der Waals surface area contributed by atoms with Gasteiger partial charge in [0.1, 0.15) is 17.3 Å². The molecule has 6 heteroatoms. The van der Waals surface area contributed by atoms with Crippen molar-refractivity contribution < 1.29 is 19.0 Å². The van der Waals surface area contributed by atoms with Crippen LogP contribution < -0.4 is 4.74 Å². The second-order valence-corrected chi connectivity index (χ2v) is 5.79. The van der Waals surface area contributed by atoms with Crippen molar-refractivity contribution in [3.63, 3.8) is 0 Å². The molecule has 2 aromatic rings. The van der Waals surface area contributed by atoms with Crippen LogP contribution in [0.3, 0.4) is 0 Å². The van der Waals surface area contributed by atoms with E-state index in [2.05, 4.69) is 4.98 Å². The zero-order valence-electron chi connectivity index (χ0n) is 13.4. The number of hydrogen-bond donors (Lipinski definition) is 1. The Morgan fingerprint density at radius 2 is 1.83 bits per heavy atom. The lowest BCUT2D eigenvalue weighted by atomic mass is 10.1. The van der Waals surface area contributed by atoms with Crippen LogP contribution in [0.1, 0.15) is 19.5 Å². The highest BCUT2D eigenvalue weighted by molar-refractivity contribution is 6.03. The van der Waals surface area contributed by atoms with Crippen LogP contribution in [0.2, 0.25) is 0 Å². The molecule has 5 nitrogen and oxygen atoms in total. The first kappa shape index (κ1) is 16.0. The minimum atomic E-state index is -0.381. The summed E-state index contributed by atoms with van der Waals surface area (Å²) in [5.41, 5.74) is 1.03. The van der Waals surface area contributed by atoms with Gasteiger partial charge in [-0.05, 0) is 50.2 Å². The molecule has 1 N–H and O–H groups in total. The fourth-order valence-electron chi connectivity index (χ4n) is 2.46. The number of halogens is 1. The third kappa shape index (κ3) is 3.08. The molecule has 0 radical (unpaired) electrons. The van der Waals surface area contributed by atoms with Crippen LogP contribution in [0, 0.1) is 5.82 Å². The zero-order chi connectivity index (χ0) is 17.3. The number of pyridine rings is 1. The van der Waals surface area contributed by atoms with Gasteiger partial charge in [-0.15, -0.1) is 0 Å². The molecule has 1 aromatic carbocycles. The summed E-state index contributed by atoms with van der Waals surface area (Å²) >= 11 is 0. The fourth-order valence-corrected chi connectivity index (χ4v) is 2.46. The van der Waals surface area contributed by atoms with Gasteiger partial charge in [-0.1, -0.05) is 0 Å². The molecular formula is C18H17FN2O3. The van der Waals surface area contributed by atoms with E-state index in [0.717, 1.165) is 0 Å². The first-order valence-electron chi connectivity index (χ1n) is 7.58. The second-order valence-electron chi connectivity index (χ2n) is 5.79. The molecule has 0 bridgehead atoms. The van der Waals surface area contributed by atoms with Crippen LogP contribution in [0.15, 0.2) is 48.4 Å². The maximum absolute atomic E-state index is 12.9. The van der Waals surface area contributed by atoms with E-state index in [9.17, 15) is 14.3 Å². The molecule has 3 rings (SSSR count). The smallest absolute Gasteiger partial charge is 0.289 e. The Kier molecular flexibility index (Phi) is 4.20. The van der Waals surface area contributed by atoms with Gasteiger partial charge in [-0.2, -0.15) is 0 Å². The first-order valence-corrected chi connectivity index (χ1v) is 7.58. The number of aromatic nitrogens is 1. The number of amides is 1. The summed E-state index contributed by atoms with van der Waals surface area (Å²) in [6.45, 7) is 4.11. The lowest BCUT2D eigenvalue weighted by molar-refractivity contribution is -0.129. The average Bonchev–Trinajstić information content (AvgIpc) is 2.86. The number of carbonyl (C=O) groups excluding carboxylic acids is 1. The van der Waals surface area contributed by atoms with E-state index in [4.69, 9.17) is 4.74 Å². The molecule has 1 amide bonds. The predicted octanol–water partition coefficient (Wildman–Crippen LogP) is 3.53. The van der Waals surface area contributed by atoms with Crippen LogP contribution in [-0.2, 0) is 4.79 Å². The molecular weight excluding hydrogens is 311 g/mol. The van der Waals surface area contributed by atoms with Gasteiger partial charge >= 0.3 is 0 Å². The summed E-state index contributed by atoms with van der Waals surface area (Å²) in [5.74, 6) is 0.00112. The highest BCUT2D eigenvalue weighted by Gasteiger charge is 2.32. The summed E-state index contributed by atoms with van der Waals surface area (Å²) < 4.78 is 18.5. The van der Waals surface area contributed by atoms with Gasteiger partial charge in [0, 0.05) is 11.6 Å². The SMILES string of the molecule is CC(C)N1CC(c2ccc(Oc3ccc(F)cc3)cn2)=C(O)C1=O. The van der Waals surface area contributed by atoms with Crippen LogP contribution in [-0.4, -0.2) is 33.5 Å². The third-order valence-corrected chi connectivity index (χ3v) is 3.80. The van der Waals surface area contributed by atoms with Crippen molar-refractivity contribution in [2.45, 2.75) is 19.9 Å². The molecule has 1 aromatic heterocycles. The van der Waals surface area contributed by atoms with E-state index in [1.807, 2.05) is 13.8 Å². The molecule has 2 heterocycles. The van der Waals surface area contributed by atoms with Crippen molar-refractivity contribution >= 4 is 11.5 Å². The second kappa shape index (κ2) is 6.31. The summed E-state index contributed by atoms with van der Waals surface area (Å²) in [7, 11) is 0. The Hall–Kier alpha value is -2.89. The number of rotatable bonds is 4. The highest BCUT2D eigenvalue weighted by Crippen LogP contribution is 2.28. The van der Waals surface area contributed by atoms with E-state index >= 15 is 0 Å². The molecule has 124 valence electrons. The van der Waals surface area contributed by atoms with Gasteiger partial charge in [-0.25, -0.2) is 4.39 Å². The molecule has 0 spiro atoms. The number of benzene rings is 1. The van der Waals surface area contributed by atoms with E-state index < -0.39 is 0 Å². The minimum Gasteiger partial charge on any atom is -0.503 e. The summed E-state index contributed by atoms with van der Waals surface area (Å²) in [4.78, 5) is 17.8. The predicted molar refractivity (Wildman–Crippen MR) is 87.1 cm³/mol. The van der Waals surface area contributed by atoms with E-state index in [-0.39, 0.29) is 23.5 Å². The van der Waals surface area contributed by atoms with Gasteiger partial charge in [-0.3, -0.25) is 9.78 Å². The van der Waals surface area contributed by atoms with Gasteiger partial charge in [0.05, 0.1) is 18.4 Å². The van der Waals surface area contributed by atoms with E-state index in [1.165, 1.54) is 30.5 Å². The largest absolute Gasteiger partial charge is 0.503 e. The molecule has 1 aliphatic rings. The Morgan fingerprint density at radius 1 is 1.17 bits per heavy atom. The number of nitrogens with zero attached hydrogens (tertiary/aromatic N) is 2. The third-order valence-electron chi connectivity index (χ3n) is 3.80. The zero-order valence-corrected chi connectivity index (χ0v) is 13.4. The molecule has 0 aliphatic carbocycles. The average molecular weight is 328 g/mol. The summed E-state index contributed by atoms with van der Waals surface area (Å²) in [5, 5.41) is 10.0. The topological polar surface area (TPSA) is 62.7 Å². The summed E-state index contributed by atoms with van der Waals surface area (Å²) in [6.07, 6.45) is 1.50. The Bertz CT molecular complexity index is 783. The normalized spacial score (nSPS) is 14.7. The standard InChI is InChI=1S/C18H17FN2O3/c1-11(2)21-10-15(17(22)18(21)23)16-8-7-14(9-20-16)24-13-5-3-12(19)4-6-13/h3-9,11,22H,10H2,1-2H3. The van der Waals surface area contributed by atoms with Gasteiger partial charge in [0.2, 0.25) is 0 Å². The Labute approximate surface area is 139 Å². The summed E-state index contributed by atoms with van der Waals surface area (Å²) in [6, 6.07) is 9.03. The van der Waals surface area contributed by atoms with Crippen LogP contribution in [0.5, 0.6) is 11.5 Å². The molecule has 0 saturated heterocycles. The van der Waals surface area contributed by atoms with E-state index in [1.54, 1.807) is 17.0 Å². The molecule has 0 fully saturated rings. The first-order chi connectivity index (χ1) is 11.5. The number of carbonyl (C=O) groups is 1. The molecule has 1 aliphatic heterocycles. The van der Waals surface area contributed by atoms with Crippen molar-refractivity contribution in [2.24, 2.45) is 0 Å². The minimum absolute atomic E-state index is 0.00164. The number of aliphatic hydroxyl groups excluding tert-OH is 1. The van der Waals surface area contributed by atoms with Crippen LogP contribution in [0.25, 0.3) is 5.57 Å². The quantitative estimate of drug-likeness (QED) is 0.932. The van der Waals surface area contributed by atoms with Gasteiger partial charge in [0.25, 0.3) is 5.91 Å². The van der Waals surface area contributed by atoms with Crippen molar-refractivity contribution in [1.82, 2.24) is 9.88 Å². The maximum atomic E-state index is 12.9. The van der Waals surface area contributed by atoms with Gasteiger partial charge in [0.15, 0.2) is 5.76 Å². The van der Waals surface area contributed by atoms with E-state index in [0.29, 0.717) is 29.3 Å². The highest BCUT2D eigenvalue weighted by atomic mass is 19.1. The molecule has 0 saturated carbocycles. The molecule has 0 unspecified atom stereocenters. The molecule has 0 atom stereocenters. The fraction of sp³-hybridized carbons (Fsp3) is 0.222. The lowest BCUT2D eigenvalue weighted by Crippen LogP contribution is -2.33. The monoisotopic (exact) mass is 328 g/mol. The lowest BCUT2D eigenvalue weighted by Gasteiger charge is -2.20. The molecule has 24 heavy (non-hydrogen) atoms. The van der Waals surface area contributed by atoms with Crippen LogP contribution in [0.4, 0.5) is 4.39 Å². The van der Waals surface area contributed by atoms with Crippen LogP contribution >= 0.6 is 0 Å². The van der Waals surface area contributed by atoms with Crippen molar-refractivity contribution in [3.8, 4) is 11.5 Å². The Morgan fingerprint density at radius 3 is 2.38 bits per heavy atom. The van der Waals surface area contributed by atoms with Crippen molar-refractivity contribution in [1.29, 1.82) is 0 Å². The van der Waals surface area contributed by atoms with Gasteiger partial charge < -0.3 is 14.7 Å². The number of ether oxygens (including phenoxy) is 1. The number of aliphatic hydroxyl groups is 1. The Balaban J connectivity index is 1.77. The number of hydrogen-bond acceptors (Lipinski definition) is 4.